The fraction of sp³-hybridized carbons (Fsp3) is 0.320. The number of aryl methyl sites for hydroxylation is 1. The summed E-state index contributed by atoms with van der Waals surface area (Å²) in [6, 6.07) is 4.90. The van der Waals surface area contributed by atoms with E-state index in [9.17, 15) is 18.0 Å². The van der Waals surface area contributed by atoms with Crippen molar-refractivity contribution >= 4 is 39.0 Å². The first-order valence-electron chi connectivity index (χ1n) is 12.4. The number of nitrogens with zero attached hydrogens (tertiary/aromatic N) is 6. The molecule has 202 valence electrons. The molecular weight excluding hydrogens is 522 g/mol. The summed E-state index contributed by atoms with van der Waals surface area (Å²) in [7, 11) is -0.930. The Morgan fingerprint density at radius 1 is 1.26 bits per heavy atom. The van der Waals surface area contributed by atoms with Crippen molar-refractivity contribution in [1.82, 2.24) is 34.0 Å². The van der Waals surface area contributed by atoms with E-state index in [0.717, 1.165) is 12.8 Å². The molecule has 13 nitrogen and oxygen atoms in total. The lowest BCUT2D eigenvalue weighted by atomic mass is 10.0. The third-order valence-electron chi connectivity index (χ3n) is 7.35. The molecule has 1 aromatic carbocycles. The molecule has 1 atom stereocenters. The van der Waals surface area contributed by atoms with Crippen LogP contribution >= 0.6 is 0 Å². The molecule has 39 heavy (non-hydrogen) atoms. The Labute approximate surface area is 224 Å². The quantitative estimate of drug-likeness (QED) is 0.312. The van der Waals surface area contributed by atoms with Gasteiger partial charge in [0.05, 0.1) is 28.0 Å². The van der Waals surface area contributed by atoms with Crippen molar-refractivity contribution in [2.45, 2.75) is 37.2 Å². The summed E-state index contributed by atoms with van der Waals surface area (Å²) in [4.78, 5) is 32.8. The van der Waals surface area contributed by atoms with E-state index in [4.69, 9.17) is 5.73 Å². The number of hydrogen-bond donors (Lipinski definition) is 3. The van der Waals surface area contributed by atoms with E-state index in [2.05, 4.69) is 25.2 Å². The van der Waals surface area contributed by atoms with Crippen LogP contribution in [0.5, 0.6) is 0 Å². The summed E-state index contributed by atoms with van der Waals surface area (Å²) in [5, 5.41) is 11.0. The van der Waals surface area contributed by atoms with Gasteiger partial charge in [-0.25, -0.2) is 22.6 Å². The molecule has 1 aliphatic heterocycles. The highest BCUT2D eigenvalue weighted by Crippen LogP contribution is 2.40. The molecule has 2 aliphatic rings. The number of aromatic nitrogens is 5. The lowest BCUT2D eigenvalue weighted by Gasteiger charge is -2.24. The summed E-state index contributed by atoms with van der Waals surface area (Å²) in [6.45, 7) is 2.32. The predicted molar refractivity (Wildman–Crippen MR) is 142 cm³/mol. The van der Waals surface area contributed by atoms with Crippen molar-refractivity contribution in [3.05, 3.63) is 53.5 Å². The molecule has 4 aromatic rings. The van der Waals surface area contributed by atoms with Gasteiger partial charge in [0, 0.05) is 37.6 Å². The minimum atomic E-state index is -3.97. The molecule has 1 saturated carbocycles. The van der Waals surface area contributed by atoms with Crippen molar-refractivity contribution in [2.24, 2.45) is 13.0 Å². The van der Waals surface area contributed by atoms with Crippen molar-refractivity contribution in [3.8, 4) is 11.3 Å². The van der Waals surface area contributed by atoms with E-state index in [1.807, 2.05) is 6.92 Å². The van der Waals surface area contributed by atoms with Gasteiger partial charge < -0.3 is 16.0 Å². The van der Waals surface area contributed by atoms with Gasteiger partial charge in [-0.1, -0.05) is 0 Å². The molecular formula is C25H27N9O4S. The van der Waals surface area contributed by atoms with E-state index in [0.29, 0.717) is 35.0 Å². The molecule has 1 fully saturated rings. The van der Waals surface area contributed by atoms with E-state index >= 15 is 0 Å². The van der Waals surface area contributed by atoms with E-state index < -0.39 is 15.9 Å². The molecule has 1 aliphatic carbocycles. The number of carbonyl (C=O) groups is 2. The Hall–Kier alpha value is -4.30. The zero-order valence-electron chi connectivity index (χ0n) is 21.5. The Bertz CT molecular complexity index is 1770. The normalized spacial score (nSPS) is 16.1. The molecule has 0 unspecified atom stereocenters. The van der Waals surface area contributed by atoms with Gasteiger partial charge in [-0.2, -0.15) is 5.10 Å². The summed E-state index contributed by atoms with van der Waals surface area (Å²) >= 11 is 0. The highest BCUT2D eigenvalue weighted by atomic mass is 32.2. The molecule has 4 N–H and O–H groups in total. The molecule has 0 spiro atoms. The number of amides is 2. The molecule has 4 heterocycles. The fourth-order valence-corrected chi connectivity index (χ4v) is 6.06. The van der Waals surface area contributed by atoms with Crippen LogP contribution in [0.3, 0.4) is 0 Å². The van der Waals surface area contributed by atoms with Crippen molar-refractivity contribution < 1.29 is 18.0 Å². The van der Waals surface area contributed by atoms with Crippen molar-refractivity contribution in [2.75, 3.05) is 18.1 Å². The second-order valence-electron chi connectivity index (χ2n) is 9.93. The average molecular weight is 550 g/mol. The number of benzene rings is 1. The molecule has 2 amide bonds. The Kier molecular flexibility index (Phi) is 5.69. The first-order valence-corrected chi connectivity index (χ1v) is 13.9. The zero-order valence-corrected chi connectivity index (χ0v) is 22.4. The first-order chi connectivity index (χ1) is 18.6. The van der Waals surface area contributed by atoms with Crippen LogP contribution in [0.2, 0.25) is 0 Å². The molecule has 0 saturated heterocycles. The molecule has 0 radical (unpaired) electrons. The van der Waals surface area contributed by atoms with Gasteiger partial charge in [-0.15, -0.1) is 5.10 Å². The van der Waals surface area contributed by atoms with Crippen LogP contribution in [-0.2, 0) is 23.6 Å². The number of nitrogens with two attached hydrogens (primary N) is 1. The van der Waals surface area contributed by atoms with E-state index in [1.165, 1.54) is 23.8 Å². The maximum absolute atomic E-state index is 13.4. The lowest BCUT2D eigenvalue weighted by molar-refractivity contribution is 0.0694. The Morgan fingerprint density at radius 3 is 2.69 bits per heavy atom. The first kappa shape index (κ1) is 25.0. The predicted octanol–water partition coefficient (Wildman–Crippen LogP) is 1.63. The number of rotatable bonds is 7. The minimum Gasteiger partial charge on any atom is -0.381 e. The number of hydrogen-bond acceptors (Lipinski definition) is 8. The largest absolute Gasteiger partial charge is 0.381 e. The second kappa shape index (κ2) is 8.88. The smallest absolute Gasteiger partial charge is 0.263 e. The van der Waals surface area contributed by atoms with Crippen LogP contribution < -0.4 is 15.8 Å². The van der Waals surface area contributed by atoms with E-state index in [-0.39, 0.29) is 39.4 Å². The monoisotopic (exact) mass is 549 g/mol. The van der Waals surface area contributed by atoms with Gasteiger partial charge in [-0.3, -0.25) is 14.3 Å². The Balaban J connectivity index is 1.44. The number of nitrogen functional groups attached to an aromatic ring is 1. The number of sulfonamides is 1. The van der Waals surface area contributed by atoms with Gasteiger partial charge in [0.25, 0.3) is 11.8 Å². The second-order valence-corrected chi connectivity index (χ2v) is 11.8. The van der Waals surface area contributed by atoms with Crippen LogP contribution in [0.1, 0.15) is 46.0 Å². The van der Waals surface area contributed by atoms with E-state index in [1.54, 1.807) is 41.2 Å². The van der Waals surface area contributed by atoms with Gasteiger partial charge in [0.1, 0.15) is 5.56 Å². The van der Waals surface area contributed by atoms with Crippen LogP contribution in [0, 0.1) is 5.92 Å². The minimum absolute atomic E-state index is 0.0104. The van der Waals surface area contributed by atoms with Gasteiger partial charge in [0.15, 0.2) is 11.5 Å². The number of fused-ring (bicyclic) bond motifs is 2. The standard InChI is InChI=1S/C25H27N9O4S/c1-13(14-4-5-14)33-11-16-8-15(9-19(20(16)25(33)36)39(37,38)27-2)18-6-7-34-23(30-18)21(22(26)31-34)24(35)29-17-10-28-32(3)12-17/h6-10,12-14,27H,4-5,11H2,1-3H3,(H2,26,31)(H,29,35)/t13-/m0/s1. The van der Waals surface area contributed by atoms with Crippen LogP contribution in [0.15, 0.2) is 41.7 Å². The third-order valence-corrected chi connectivity index (χ3v) is 8.79. The summed E-state index contributed by atoms with van der Waals surface area (Å²) in [5.74, 6) is -0.377. The van der Waals surface area contributed by atoms with Crippen molar-refractivity contribution in [3.63, 3.8) is 0 Å². The van der Waals surface area contributed by atoms with Crippen LogP contribution in [0.4, 0.5) is 11.5 Å². The van der Waals surface area contributed by atoms with Crippen LogP contribution in [-0.4, -0.2) is 62.6 Å². The SMILES string of the molecule is CNS(=O)(=O)c1cc(-c2ccn3nc(N)c(C(=O)Nc4cnn(C)c4)c3n2)cc2c1C(=O)N([C@@H](C)C1CC1)C2. The van der Waals surface area contributed by atoms with Gasteiger partial charge >= 0.3 is 0 Å². The molecule has 6 rings (SSSR count). The topological polar surface area (TPSA) is 170 Å². The fourth-order valence-electron chi connectivity index (χ4n) is 5.08. The third kappa shape index (κ3) is 4.21. The highest BCUT2D eigenvalue weighted by Gasteiger charge is 2.41. The number of nitrogens with one attached hydrogen (secondary N) is 2. The summed E-state index contributed by atoms with van der Waals surface area (Å²) in [5.41, 5.74) is 8.51. The van der Waals surface area contributed by atoms with Crippen molar-refractivity contribution in [1.29, 1.82) is 0 Å². The number of carbonyl (C=O) groups excluding carboxylic acids is 2. The maximum atomic E-state index is 13.4. The molecule has 3 aromatic heterocycles. The average Bonchev–Trinajstić information content (AvgIpc) is 3.48. The number of anilines is 2. The lowest BCUT2D eigenvalue weighted by Crippen LogP contribution is -2.35. The summed E-state index contributed by atoms with van der Waals surface area (Å²) < 4.78 is 31.4. The highest BCUT2D eigenvalue weighted by molar-refractivity contribution is 7.89. The van der Waals surface area contributed by atoms with Crippen LogP contribution in [0.25, 0.3) is 16.9 Å². The maximum Gasteiger partial charge on any atom is 0.263 e. The zero-order chi connectivity index (χ0) is 27.6. The summed E-state index contributed by atoms with van der Waals surface area (Å²) in [6.07, 6.45) is 6.86. The molecule has 0 bridgehead atoms. The molecule has 14 heteroatoms. The van der Waals surface area contributed by atoms with Gasteiger partial charge in [0.2, 0.25) is 10.0 Å². The van der Waals surface area contributed by atoms with Gasteiger partial charge in [-0.05, 0) is 56.5 Å². The Morgan fingerprint density at radius 2 is 2.03 bits per heavy atom.